The minimum Gasteiger partial charge on any atom is -0.468 e. The number of nitrogens with one attached hydrogen (secondary N) is 1. The summed E-state index contributed by atoms with van der Waals surface area (Å²) in [7, 11) is 1.30. The van der Waals surface area contributed by atoms with Gasteiger partial charge in [0.25, 0.3) is 0 Å². The summed E-state index contributed by atoms with van der Waals surface area (Å²) in [6, 6.07) is -1.05. The maximum Gasteiger partial charge on any atom is 0.323 e. The Balaban J connectivity index is 2.69. The van der Waals surface area contributed by atoms with Crippen LogP contribution in [0.2, 0.25) is 0 Å². The molecule has 3 atom stereocenters. The highest BCUT2D eigenvalue weighted by Gasteiger charge is 2.41. The number of ether oxygens (including phenoxy) is 1. The molecular weight excluding hydrogens is 236 g/mol. The van der Waals surface area contributed by atoms with Crippen molar-refractivity contribution in [2.45, 2.75) is 31.5 Å². The van der Waals surface area contributed by atoms with Crippen LogP contribution in [0.4, 0.5) is 0 Å². The monoisotopic (exact) mass is 256 g/mol. The van der Waals surface area contributed by atoms with E-state index in [2.05, 4.69) is 16.6 Å². The molecule has 1 amide bonds. The summed E-state index contributed by atoms with van der Waals surface area (Å²) in [6.45, 7) is 5.89. The van der Waals surface area contributed by atoms with Crippen molar-refractivity contribution in [1.82, 2.24) is 10.2 Å². The minimum atomic E-state index is -0.608. The second-order valence-electron chi connectivity index (χ2n) is 4.34. The van der Waals surface area contributed by atoms with Gasteiger partial charge in [-0.25, -0.2) is 0 Å². The number of amides is 1. The van der Waals surface area contributed by atoms with Crippen molar-refractivity contribution in [1.29, 1.82) is 0 Å². The zero-order chi connectivity index (χ0) is 13.7. The predicted molar refractivity (Wildman–Crippen MR) is 65.8 cm³/mol. The zero-order valence-corrected chi connectivity index (χ0v) is 10.8. The molecule has 0 aromatic heterocycles. The molecule has 0 bridgehead atoms. The number of esters is 1. The Morgan fingerprint density at radius 1 is 1.67 bits per heavy atom. The van der Waals surface area contributed by atoms with Crippen LogP contribution >= 0.6 is 0 Å². The van der Waals surface area contributed by atoms with Gasteiger partial charge < -0.3 is 15.2 Å². The Bertz CT molecular complexity index is 332. The lowest BCUT2D eigenvalue weighted by molar-refractivity contribution is -0.147. The molecule has 1 rings (SSSR count). The molecule has 6 nitrogen and oxygen atoms in total. The quantitative estimate of drug-likeness (QED) is 0.501. The first kappa shape index (κ1) is 14.7. The molecule has 18 heavy (non-hydrogen) atoms. The largest absolute Gasteiger partial charge is 0.468 e. The molecule has 1 aliphatic rings. The van der Waals surface area contributed by atoms with E-state index < -0.39 is 24.2 Å². The third-order valence-electron chi connectivity index (χ3n) is 3.09. The van der Waals surface area contributed by atoms with Crippen molar-refractivity contribution < 1.29 is 19.4 Å². The van der Waals surface area contributed by atoms with Crippen molar-refractivity contribution >= 4 is 11.9 Å². The van der Waals surface area contributed by atoms with Gasteiger partial charge in [-0.05, 0) is 6.92 Å². The fourth-order valence-corrected chi connectivity index (χ4v) is 2.10. The van der Waals surface area contributed by atoms with Gasteiger partial charge in [0.05, 0.1) is 19.3 Å². The Labute approximate surface area is 107 Å². The van der Waals surface area contributed by atoms with Crippen LogP contribution in [-0.2, 0) is 14.3 Å². The number of aliphatic hydroxyl groups is 1. The van der Waals surface area contributed by atoms with E-state index in [1.54, 1.807) is 17.9 Å². The molecular formula is C12H20N2O4. The van der Waals surface area contributed by atoms with Crippen molar-refractivity contribution in [2.24, 2.45) is 0 Å². The van der Waals surface area contributed by atoms with Gasteiger partial charge in [-0.2, -0.15) is 0 Å². The van der Waals surface area contributed by atoms with E-state index in [-0.39, 0.29) is 5.91 Å². The number of likely N-dealkylation sites (tertiary alicyclic amines) is 1. The number of hydrogen-bond donors (Lipinski definition) is 2. The van der Waals surface area contributed by atoms with E-state index in [0.29, 0.717) is 19.5 Å². The highest BCUT2D eigenvalue weighted by Crippen LogP contribution is 2.21. The second kappa shape index (κ2) is 6.51. The summed E-state index contributed by atoms with van der Waals surface area (Å²) >= 11 is 0. The molecule has 1 saturated heterocycles. The highest BCUT2D eigenvalue weighted by atomic mass is 16.5. The van der Waals surface area contributed by atoms with E-state index in [0.717, 1.165) is 0 Å². The van der Waals surface area contributed by atoms with Crippen LogP contribution in [-0.4, -0.2) is 60.3 Å². The molecule has 0 aromatic carbocycles. The maximum absolute atomic E-state index is 11.8. The summed E-state index contributed by atoms with van der Waals surface area (Å²) in [5.41, 5.74) is 0. The molecule has 6 heteroatoms. The molecule has 2 N–H and O–H groups in total. The number of nitrogens with zero attached hydrogens (tertiary/aromatic N) is 1. The second-order valence-corrected chi connectivity index (χ2v) is 4.34. The number of rotatable bonds is 5. The summed E-state index contributed by atoms with van der Waals surface area (Å²) < 4.78 is 4.68. The summed E-state index contributed by atoms with van der Waals surface area (Å²) in [6.07, 6.45) is 1.27. The van der Waals surface area contributed by atoms with Gasteiger partial charge in [0, 0.05) is 19.5 Å². The van der Waals surface area contributed by atoms with Crippen LogP contribution in [0.1, 0.15) is 13.3 Å². The average Bonchev–Trinajstić information content (AvgIpc) is 2.76. The van der Waals surface area contributed by atoms with E-state index >= 15 is 0 Å². The van der Waals surface area contributed by atoms with Crippen LogP contribution in [0.25, 0.3) is 0 Å². The van der Waals surface area contributed by atoms with Crippen LogP contribution < -0.4 is 5.32 Å². The standard InChI is InChI=1S/C12H20N2O4/c1-4-5-13-11(16)8(2)14-7-9(15)6-10(14)12(17)18-3/h4,8-10,15H,1,5-7H2,2-3H3,(H,13,16). The smallest absolute Gasteiger partial charge is 0.323 e. The van der Waals surface area contributed by atoms with E-state index in [4.69, 9.17) is 0 Å². The number of methoxy groups -OCH3 is 1. The molecule has 3 unspecified atom stereocenters. The van der Waals surface area contributed by atoms with E-state index in [1.165, 1.54) is 7.11 Å². The fourth-order valence-electron chi connectivity index (χ4n) is 2.10. The van der Waals surface area contributed by atoms with Gasteiger partial charge >= 0.3 is 5.97 Å². The van der Waals surface area contributed by atoms with Crippen LogP contribution in [0.5, 0.6) is 0 Å². The van der Waals surface area contributed by atoms with Crippen LogP contribution in [0.15, 0.2) is 12.7 Å². The number of carbonyl (C=O) groups is 2. The van der Waals surface area contributed by atoms with Crippen molar-refractivity contribution in [3.8, 4) is 0 Å². The third kappa shape index (κ3) is 3.30. The van der Waals surface area contributed by atoms with Crippen molar-refractivity contribution in [3.05, 3.63) is 12.7 Å². The normalized spacial score (nSPS) is 25.5. The molecule has 0 aromatic rings. The molecule has 0 aliphatic carbocycles. The summed E-state index contributed by atoms with van der Waals surface area (Å²) in [5, 5.41) is 12.3. The SMILES string of the molecule is C=CCNC(=O)C(C)N1CC(O)CC1C(=O)OC. The summed E-state index contributed by atoms with van der Waals surface area (Å²) in [4.78, 5) is 25.1. The number of carbonyl (C=O) groups excluding carboxylic acids is 2. The zero-order valence-electron chi connectivity index (χ0n) is 10.8. The Morgan fingerprint density at radius 3 is 2.89 bits per heavy atom. The Hall–Kier alpha value is -1.40. The van der Waals surface area contributed by atoms with Gasteiger partial charge in [0.15, 0.2) is 0 Å². The van der Waals surface area contributed by atoms with Gasteiger partial charge in [0.1, 0.15) is 6.04 Å². The third-order valence-corrected chi connectivity index (χ3v) is 3.09. The van der Waals surface area contributed by atoms with Gasteiger partial charge in [0.2, 0.25) is 5.91 Å². The van der Waals surface area contributed by atoms with Gasteiger partial charge in [-0.3, -0.25) is 14.5 Å². The molecule has 0 spiro atoms. The number of β-amino-alcohol motifs (C(OH)–C–C–N with tert-alkyl or cyclic N) is 1. The van der Waals surface area contributed by atoms with E-state index in [9.17, 15) is 14.7 Å². The molecule has 102 valence electrons. The van der Waals surface area contributed by atoms with Crippen LogP contribution in [0, 0.1) is 0 Å². The molecule has 1 fully saturated rings. The first-order valence-corrected chi connectivity index (χ1v) is 5.91. The maximum atomic E-state index is 11.8. The first-order chi connectivity index (χ1) is 8.51. The Morgan fingerprint density at radius 2 is 2.33 bits per heavy atom. The highest BCUT2D eigenvalue weighted by molar-refractivity contribution is 5.83. The topological polar surface area (TPSA) is 78.9 Å². The number of hydrogen-bond acceptors (Lipinski definition) is 5. The van der Waals surface area contributed by atoms with Gasteiger partial charge in [-0.1, -0.05) is 6.08 Å². The average molecular weight is 256 g/mol. The lowest BCUT2D eigenvalue weighted by Gasteiger charge is -2.27. The fraction of sp³-hybridized carbons (Fsp3) is 0.667. The lowest BCUT2D eigenvalue weighted by Crippen LogP contribution is -2.50. The first-order valence-electron chi connectivity index (χ1n) is 5.91. The lowest BCUT2D eigenvalue weighted by atomic mass is 10.2. The molecule has 0 radical (unpaired) electrons. The van der Waals surface area contributed by atoms with Crippen LogP contribution in [0.3, 0.4) is 0 Å². The van der Waals surface area contributed by atoms with Crippen molar-refractivity contribution in [2.75, 3.05) is 20.2 Å². The van der Waals surface area contributed by atoms with Gasteiger partial charge in [-0.15, -0.1) is 6.58 Å². The molecule has 0 saturated carbocycles. The minimum absolute atomic E-state index is 0.196. The van der Waals surface area contributed by atoms with E-state index in [1.807, 2.05) is 0 Å². The molecule has 1 aliphatic heterocycles. The summed E-state index contributed by atoms with van der Waals surface area (Å²) in [5.74, 6) is -0.618. The number of aliphatic hydroxyl groups excluding tert-OH is 1. The molecule has 1 heterocycles. The predicted octanol–water partition coefficient (Wildman–Crippen LogP) is -0.715. The Kier molecular flexibility index (Phi) is 5.30. The van der Waals surface area contributed by atoms with Crippen molar-refractivity contribution in [3.63, 3.8) is 0 Å².